The van der Waals surface area contributed by atoms with Crippen LogP contribution >= 0.6 is 46.4 Å². The lowest BCUT2D eigenvalue weighted by molar-refractivity contribution is 1.15. The summed E-state index contributed by atoms with van der Waals surface area (Å²) >= 11 is 26.1. The first-order valence-corrected chi connectivity index (χ1v) is 13.8. The third kappa shape index (κ3) is 3.75. The quantitative estimate of drug-likeness (QED) is 0.185. The summed E-state index contributed by atoms with van der Waals surface area (Å²) in [7, 11) is 0. The first-order valence-electron chi connectivity index (χ1n) is 12.3. The highest BCUT2D eigenvalue weighted by molar-refractivity contribution is 6.39. The molecular formula is C32H16Cl4N2O2. The minimum absolute atomic E-state index is 0.247. The SMILES string of the molecule is O=c1c2cc3c(cc2n(-c2ccccc2)c2cc(Cl)cc(Cl)c12)c(=O)c1c(Cl)cc(Cl)cc1n3-c1ccccc1. The molecule has 40 heavy (non-hydrogen) atoms. The fourth-order valence-corrected chi connectivity index (χ4v) is 6.61. The predicted octanol–water partition coefficient (Wildman–Crippen LogP) is 9.21. The molecule has 0 atom stereocenters. The van der Waals surface area contributed by atoms with E-state index in [1.165, 1.54) is 0 Å². The normalized spacial score (nSPS) is 11.7. The minimum atomic E-state index is -0.267. The number of rotatable bonds is 2. The van der Waals surface area contributed by atoms with Crippen molar-refractivity contribution < 1.29 is 0 Å². The number of nitrogens with zero attached hydrogens (tertiary/aromatic N) is 2. The van der Waals surface area contributed by atoms with E-state index in [4.69, 9.17) is 46.4 Å². The van der Waals surface area contributed by atoms with Crippen molar-refractivity contribution in [1.82, 2.24) is 9.13 Å². The summed E-state index contributed by atoms with van der Waals surface area (Å²) < 4.78 is 3.81. The van der Waals surface area contributed by atoms with Crippen molar-refractivity contribution in [3.8, 4) is 11.4 Å². The van der Waals surface area contributed by atoms with Gasteiger partial charge in [0.05, 0.1) is 42.9 Å². The number of aromatic nitrogens is 2. The molecule has 0 aliphatic carbocycles. The summed E-state index contributed by atoms with van der Waals surface area (Å²) in [5.41, 5.74) is 3.18. The molecule has 2 aromatic heterocycles. The molecule has 7 aromatic rings. The largest absolute Gasteiger partial charge is 0.309 e. The number of hydrogen-bond acceptors (Lipinski definition) is 2. The summed E-state index contributed by atoms with van der Waals surface area (Å²) in [6, 6.07) is 29.1. The van der Waals surface area contributed by atoms with Crippen molar-refractivity contribution >= 4 is 90.0 Å². The summed E-state index contributed by atoms with van der Waals surface area (Å²) in [5.74, 6) is 0. The number of para-hydroxylation sites is 2. The maximum Gasteiger partial charge on any atom is 0.198 e. The summed E-state index contributed by atoms with van der Waals surface area (Å²) in [6.45, 7) is 0. The van der Waals surface area contributed by atoms with Crippen LogP contribution in [0.2, 0.25) is 20.1 Å². The Hall–Kier alpha value is -3.80. The number of fused-ring (bicyclic) bond motifs is 4. The van der Waals surface area contributed by atoms with Gasteiger partial charge in [0, 0.05) is 32.2 Å². The van der Waals surface area contributed by atoms with Crippen molar-refractivity contribution in [3.05, 3.63) is 138 Å². The molecule has 0 bridgehead atoms. The van der Waals surface area contributed by atoms with Crippen LogP contribution in [0.4, 0.5) is 0 Å². The van der Waals surface area contributed by atoms with Crippen LogP contribution in [0.15, 0.2) is 107 Å². The molecule has 0 saturated carbocycles. The second kappa shape index (κ2) is 9.39. The van der Waals surface area contributed by atoms with Gasteiger partial charge in [0.25, 0.3) is 0 Å². The molecule has 0 N–H and O–H groups in total. The number of halogens is 4. The Kier molecular flexibility index (Phi) is 5.92. The van der Waals surface area contributed by atoms with Gasteiger partial charge in [-0.05, 0) is 60.7 Å². The molecule has 0 aliphatic heterocycles. The van der Waals surface area contributed by atoms with E-state index in [1.54, 1.807) is 36.4 Å². The van der Waals surface area contributed by atoms with Gasteiger partial charge in [-0.2, -0.15) is 0 Å². The van der Waals surface area contributed by atoms with E-state index in [1.807, 2.05) is 69.8 Å². The van der Waals surface area contributed by atoms with Gasteiger partial charge in [-0.1, -0.05) is 82.8 Å². The second-order valence-electron chi connectivity index (χ2n) is 9.45. The lowest BCUT2D eigenvalue weighted by atomic mass is 10.0. The first-order chi connectivity index (χ1) is 19.3. The average Bonchev–Trinajstić information content (AvgIpc) is 2.93. The Bertz CT molecular complexity index is 2130. The van der Waals surface area contributed by atoms with Crippen molar-refractivity contribution in [2.75, 3.05) is 0 Å². The maximum absolute atomic E-state index is 14.1. The van der Waals surface area contributed by atoms with Gasteiger partial charge in [-0.3, -0.25) is 9.59 Å². The van der Waals surface area contributed by atoms with Crippen LogP contribution in [0.25, 0.3) is 55.0 Å². The van der Waals surface area contributed by atoms with Gasteiger partial charge >= 0.3 is 0 Å². The molecule has 5 aromatic carbocycles. The molecule has 7 rings (SSSR count). The molecule has 2 heterocycles. The van der Waals surface area contributed by atoms with Crippen molar-refractivity contribution in [3.63, 3.8) is 0 Å². The van der Waals surface area contributed by atoms with E-state index in [-0.39, 0.29) is 20.9 Å². The van der Waals surface area contributed by atoms with Crippen molar-refractivity contribution in [2.45, 2.75) is 0 Å². The van der Waals surface area contributed by atoms with Gasteiger partial charge in [0.1, 0.15) is 0 Å². The number of hydrogen-bond donors (Lipinski definition) is 0. The zero-order valence-corrected chi connectivity index (χ0v) is 23.5. The Labute approximate surface area is 247 Å². The summed E-state index contributed by atoms with van der Waals surface area (Å²) in [5, 5.41) is 2.73. The van der Waals surface area contributed by atoms with Gasteiger partial charge in [0.2, 0.25) is 0 Å². The van der Waals surface area contributed by atoms with Crippen molar-refractivity contribution in [1.29, 1.82) is 0 Å². The van der Waals surface area contributed by atoms with E-state index < -0.39 is 0 Å². The van der Waals surface area contributed by atoms with Crippen LogP contribution in [0.1, 0.15) is 0 Å². The van der Waals surface area contributed by atoms with Crippen LogP contribution in [0, 0.1) is 0 Å². The molecule has 0 aliphatic rings. The molecule has 0 unspecified atom stereocenters. The van der Waals surface area contributed by atoms with E-state index in [0.717, 1.165) is 11.4 Å². The Morgan fingerprint density at radius 3 is 1.20 bits per heavy atom. The average molecular weight is 602 g/mol. The Balaban J connectivity index is 1.80. The highest BCUT2D eigenvalue weighted by Gasteiger charge is 2.21. The van der Waals surface area contributed by atoms with Crippen LogP contribution in [-0.4, -0.2) is 9.13 Å². The third-order valence-corrected chi connectivity index (χ3v) is 8.15. The molecule has 0 saturated heterocycles. The molecule has 0 amide bonds. The standard InChI is InChI=1S/C32H16Cl4N2O2/c33-17-11-23(35)29-27(13-17)37(19-7-3-1-4-8-19)25-15-22-26(16-21(25)31(29)39)38(20-9-5-2-6-10-20)28-14-18(34)12-24(36)30(28)32(22)40/h1-16H. The maximum atomic E-state index is 14.1. The summed E-state index contributed by atoms with van der Waals surface area (Å²) in [6.07, 6.45) is 0. The fraction of sp³-hybridized carbons (Fsp3) is 0. The van der Waals surface area contributed by atoms with Crippen molar-refractivity contribution in [2.24, 2.45) is 0 Å². The van der Waals surface area contributed by atoms with Crippen LogP contribution < -0.4 is 10.9 Å². The fourth-order valence-electron chi connectivity index (χ4n) is 5.47. The first kappa shape index (κ1) is 25.2. The molecule has 194 valence electrons. The van der Waals surface area contributed by atoms with Crippen LogP contribution in [-0.2, 0) is 0 Å². The highest BCUT2D eigenvalue weighted by atomic mass is 35.5. The Morgan fingerprint density at radius 1 is 0.450 bits per heavy atom. The highest BCUT2D eigenvalue weighted by Crippen LogP contribution is 2.35. The molecule has 0 fully saturated rings. The van der Waals surface area contributed by atoms with E-state index in [2.05, 4.69) is 0 Å². The lowest BCUT2D eigenvalue weighted by Gasteiger charge is -2.20. The third-order valence-electron chi connectivity index (χ3n) is 7.12. The van der Waals surface area contributed by atoms with Gasteiger partial charge < -0.3 is 9.13 Å². The topological polar surface area (TPSA) is 44.0 Å². The predicted molar refractivity (Wildman–Crippen MR) is 168 cm³/mol. The van der Waals surface area contributed by atoms with Gasteiger partial charge in [-0.25, -0.2) is 0 Å². The monoisotopic (exact) mass is 600 g/mol. The van der Waals surface area contributed by atoms with Crippen LogP contribution in [0.3, 0.4) is 0 Å². The minimum Gasteiger partial charge on any atom is -0.309 e. The smallest absolute Gasteiger partial charge is 0.198 e. The molecule has 4 nitrogen and oxygen atoms in total. The summed E-state index contributed by atoms with van der Waals surface area (Å²) in [4.78, 5) is 28.2. The molecule has 8 heteroatoms. The lowest BCUT2D eigenvalue weighted by Crippen LogP contribution is -2.15. The van der Waals surface area contributed by atoms with Gasteiger partial charge in [-0.15, -0.1) is 0 Å². The van der Waals surface area contributed by atoms with E-state index >= 15 is 0 Å². The molecule has 0 spiro atoms. The number of pyridine rings is 2. The molecular weight excluding hydrogens is 586 g/mol. The Morgan fingerprint density at radius 2 is 0.825 bits per heavy atom. The van der Waals surface area contributed by atoms with E-state index in [9.17, 15) is 9.59 Å². The van der Waals surface area contributed by atoms with Crippen LogP contribution in [0.5, 0.6) is 0 Å². The number of benzene rings is 5. The van der Waals surface area contributed by atoms with E-state index in [0.29, 0.717) is 53.7 Å². The zero-order valence-electron chi connectivity index (χ0n) is 20.5. The molecule has 0 radical (unpaired) electrons. The second-order valence-corrected chi connectivity index (χ2v) is 11.1. The zero-order chi connectivity index (χ0) is 27.7. The van der Waals surface area contributed by atoms with Gasteiger partial charge in [0.15, 0.2) is 10.9 Å².